The van der Waals surface area contributed by atoms with Crippen LogP contribution >= 0.6 is 0 Å². The summed E-state index contributed by atoms with van der Waals surface area (Å²) in [7, 11) is 1.61. The summed E-state index contributed by atoms with van der Waals surface area (Å²) >= 11 is 0. The number of nitrogens with zero attached hydrogens (tertiary/aromatic N) is 2. The number of nitrogens with one attached hydrogen (secondary N) is 3. The third-order valence-electron chi connectivity index (χ3n) is 4.50. The quantitative estimate of drug-likeness (QED) is 0.775. The lowest BCUT2D eigenvalue weighted by Crippen LogP contribution is -2.32. The summed E-state index contributed by atoms with van der Waals surface area (Å²) in [6.45, 7) is 1.47. The highest BCUT2D eigenvalue weighted by molar-refractivity contribution is 6.08. The molecule has 0 bridgehead atoms. The van der Waals surface area contributed by atoms with Gasteiger partial charge < -0.3 is 20.5 Å². The third kappa shape index (κ3) is 3.27. The van der Waals surface area contributed by atoms with Gasteiger partial charge >= 0.3 is 0 Å². The van der Waals surface area contributed by atoms with E-state index in [1.807, 2.05) is 30.4 Å². The number of hydrogen-bond acceptors (Lipinski definition) is 5. The number of pyridine rings is 1. The van der Waals surface area contributed by atoms with Crippen LogP contribution < -0.4 is 16.2 Å². The number of aromatic nitrogens is 1. The Morgan fingerprint density at radius 2 is 2.00 bits per heavy atom. The molecule has 0 unspecified atom stereocenters. The average molecular weight is 361 g/mol. The maximum Gasteiger partial charge on any atom is 0.251 e. The highest BCUT2D eigenvalue weighted by Crippen LogP contribution is 2.28. The lowest BCUT2D eigenvalue weighted by molar-refractivity contribution is 0.0963. The molecule has 0 spiro atoms. The SMILES string of the molecule is CNC(=O)c1ccc(NC2=CC=C(c3cc[nH]c(=O)c3)N3CCN=C23)cc1. The fourth-order valence-corrected chi connectivity index (χ4v) is 3.20. The van der Waals surface area contributed by atoms with E-state index in [0.29, 0.717) is 12.1 Å². The lowest BCUT2D eigenvalue weighted by Gasteiger charge is -2.28. The van der Waals surface area contributed by atoms with Gasteiger partial charge in [0.15, 0.2) is 5.84 Å². The second-order valence-corrected chi connectivity index (χ2v) is 6.21. The van der Waals surface area contributed by atoms with Gasteiger partial charge in [0, 0.05) is 42.7 Å². The Balaban J connectivity index is 1.62. The molecule has 0 saturated heterocycles. The molecule has 0 fully saturated rings. The minimum atomic E-state index is -0.129. The molecule has 27 heavy (non-hydrogen) atoms. The Morgan fingerprint density at radius 1 is 1.19 bits per heavy atom. The van der Waals surface area contributed by atoms with Gasteiger partial charge in [0.2, 0.25) is 5.56 Å². The first-order valence-electron chi connectivity index (χ1n) is 8.68. The number of fused-ring (bicyclic) bond motifs is 1. The molecule has 3 N–H and O–H groups in total. The van der Waals surface area contributed by atoms with Crippen LogP contribution in [-0.2, 0) is 0 Å². The van der Waals surface area contributed by atoms with E-state index >= 15 is 0 Å². The summed E-state index contributed by atoms with van der Waals surface area (Å²) in [5, 5.41) is 5.97. The smallest absolute Gasteiger partial charge is 0.251 e. The van der Waals surface area contributed by atoms with Crippen molar-refractivity contribution in [2.24, 2.45) is 4.99 Å². The predicted molar refractivity (Wildman–Crippen MR) is 106 cm³/mol. The van der Waals surface area contributed by atoms with E-state index in [1.165, 1.54) is 0 Å². The van der Waals surface area contributed by atoms with Crippen molar-refractivity contribution in [3.05, 3.63) is 81.9 Å². The first-order chi connectivity index (χ1) is 13.2. The third-order valence-corrected chi connectivity index (χ3v) is 4.50. The van der Waals surface area contributed by atoms with Crippen LogP contribution in [0.1, 0.15) is 15.9 Å². The number of carbonyl (C=O) groups excluding carboxylic acids is 1. The van der Waals surface area contributed by atoms with Crippen molar-refractivity contribution in [1.82, 2.24) is 15.2 Å². The van der Waals surface area contributed by atoms with Crippen molar-refractivity contribution >= 4 is 23.1 Å². The van der Waals surface area contributed by atoms with E-state index in [9.17, 15) is 9.59 Å². The van der Waals surface area contributed by atoms with Gasteiger partial charge in [-0.1, -0.05) is 0 Å². The van der Waals surface area contributed by atoms with Gasteiger partial charge in [-0.3, -0.25) is 14.6 Å². The molecule has 7 heteroatoms. The molecule has 2 aromatic rings. The van der Waals surface area contributed by atoms with Crippen molar-refractivity contribution in [3.63, 3.8) is 0 Å². The number of aromatic amines is 1. The summed E-state index contributed by atoms with van der Waals surface area (Å²) in [5.41, 5.74) is 4.05. The number of anilines is 1. The average Bonchev–Trinajstić information content (AvgIpc) is 3.18. The Labute approximate surface area is 156 Å². The van der Waals surface area contributed by atoms with Crippen LogP contribution in [0.15, 0.2) is 70.2 Å². The summed E-state index contributed by atoms with van der Waals surface area (Å²) in [5.74, 6) is 0.735. The van der Waals surface area contributed by atoms with E-state index in [1.54, 1.807) is 31.4 Å². The fourth-order valence-electron chi connectivity index (χ4n) is 3.20. The molecule has 136 valence electrons. The molecule has 1 amide bonds. The number of amidine groups is 1. The van der Waals surface area contributed by atoms with E-state index in [4.69, 9.17) is 0 Å². The number of benzene rings is 1. The molecule has 2 aliphatic heterocycles. The Hall–Kier alpha value is -3.61. The number of allylic oxidation sites excluding steroid dienone is 2. The van der Waals surface area contributed by atoms with Gasteiger partial charge in [-0.05, 0) is 42.5 Å². The summed E-state index contributed by atoms with van der Waals surface area (Å²) in [6, 6.07) is 10.7. The molecule has 1 aromatic heterocycles. The van der Waals surface area contributed by atoms with E-state index in [0.717, 1.165) is 35.0 Å². The fraction of sp³-hybridized carbons (Fsp3) is 0.150. The number of carbonyl (C=O) groups is 1. The van der Waals surface area contributed by atoms with Crippen molar-refractivity contribution in [2.45, 2.75) is 0 Å². The number of amides is 1. The standard InChI is InChI=1S/C20H19N5O2/c1-21-20(27)13-2-4-15(5-3-13)24-16-6-7-17(25-11-10-23-19(16)25)14-8-9-22-18(26)12-14/h2-9,12,24H,10-11H2,1H3,(H,21,27)(H,22,26). The van der Waals surface area contributed by atoms with Crippen LogP contribution in [0.2, 0.25) is 0 Å². The second-order valence-electron chi connectivity index (χ2n) is 6.21. The van der Waals surface area contributed by atoms with Crippen molar-refractivity contribution in [1.29, 1.82) is 0 Å². The van der Waals surface area contributed by atoms with Gasteiger partial charge in [-0.25, -0.2) is 0 Å². The summed E-state index contributed by atoms with van der Waals surface area (Å²) in [4.78, 5) is 32.7. The van der Waals surface area contributed by atoms with Crippen LogP contribution in [-0.4, -0.2) is 41.8 Å². The monoisotopic (exact) mass is 361 g/mol. The van der Waals surface area contributed by atoms with Gasteiger partial charge in [-0.2, -0.15) is 0 Å². The zero-order valence-corrected chi connectivity index (χ0v) is 14.8. The molecule has 4 rings (SSSR count). The van der Waals surface area contributed by atoms with Crippen LogP contribution in [0.25, 0.3) is 5.70 Å². The van der Waals surface area contributed by atoms with Crippen molar-refractivity contribution < 1.29 is 4.79 Å². The minimum absolute atomic E-state index is 0.116. The highest BCUT2D eigenvalue weighted by atomic mass is 16.1. The van der Waals surface area contributed by atoms with Gasteiger partial charge in [-0.15, -0.1) is 0 Å². The Bertz CT molecular complexity index is 1030. The Morgan fingerprint density at radius 3 is 2.74 bits per heavy atom. The molecule has 7 nitrogen and oxygen atoms in total. The summed E-state index contributed by atoms with van der Waals surface area (Å²) in [6.07, 6.45) is 5.60. The van der Waals surface area contributed by atoms with Crippen molar-refractivity contribution in [3.8, 4) is 0 Å². The van der Waals surface area contributed by atoms with Gasteiger partial charge in [0.05, 0.1) is 17.9 Å². The zero-order valence-electron chi connectivity index (χ0n) is 14.8. The van der Waals surface area contributed by atoms with Crippen LogP contribution in [0.5, 0.6) is 0 Å². The molecular weight excluding hydrogens is 342 g/mol. The molecular formula is C20H19N5O2. The molecule has 0 atom stereocenters. The van der Waals surface area contributed by atoms with E-state index in [2.05, 4.69) is 25.5 Å². The largest absolute Gasteiger partial charge is 0.355 e. The number of rotatable bonds is 4. The molecule has 0 saturated carbocycles. The highest BCUT2D eigenvalue weighted by Gasteiger charge is 2.27. The number of hydrogen-bond donors (Lipinski definition) is 3. The molecule has 1 aromatic carbocycles. The Kier molecular flexibility index (Phi) is 4.33. The maximum atomic E-state index is 11.7. The van der Waals surface area contributed by atoms with Crippen LogP contribution in [0.3, 0.4) is 0 Å². The molecule has 2 aliphatic rings. The normalized spacial score (nSPS) is 15.4. The van der Waals surface area contributed by atoms with Crippen molar-refractivity contribution in [2.75, 3.05) is 25.5 Å². The first-order valence-corrected chi connectivity index (χ1v) is 8.68. The maximum absolute atomic E-state index is 11.7. The van der Waals surface area contributed by atoms with Gasteiger partial charge in [0.1, 0.15) is 0 Å². The number of H-pyrrole nitrogens is 1. The van der Waals surface area contributed by atoms with E-state index in [-0.39, 0.29) is 11.5 Å². The minimum Gasteiger partial charge on any atom is -0.355 e. The first kappa shape index (κ1) is 16.8. The van der Waals surface area contributed by atoms with Gasteiger partial charge in [0.25, 0.3) is 5.91 Å². The van der Waals surface area contributed by atoms with E-state index < -0.39 is 0 Å². The lowest BCUT2D eigenvalue weighted by atomic mass is 10.1. The predicted octanol–water partition coefficient (Wildman–Crippen LogP) is 1.80. The van der Waals surface area contributed by atoms with Crippen LogP contribution in [0, 0.1) is 0 Å². The van der Waals surface area contributed by atoms with Crippen LogP contribution in [0.4, 0.5) is 5.69 Å². The topological polar surface area (TPSA) is 89.6 Å². The molecule has 0 radical (unpaired) electrons. The molecule has 3 heterocycles. The summed E-state index contributed by atoms with van der Waals surface area (Å²) < 4.78 is 0. The zero-order chi connectivity index (χ0) is 18.8. The number of aliphatic imine (C=N–C) groups is 1. The second kappa shape index (κ2) is 6.95. The molecule has 0 aliphatic carbocycles.